The van der Waals surface area contributed by atoms with E-state index in [9.17, 15) is 13.6 Å². The number of methoxy groups -OCH3 is 1. The van der Waals surface area contributed by atoms with Crippen molar-refractivity contribution >= 4 is 22.8 Å². The van der Waals surface area contributed by atoms with E-state index in [1.54, 1.807) is 28.8 Å². The van der Waals surface area contributed by atoms with Gasteiger partial charge in [0.2, 0.25) is 0 Å². The molecule has 0 saturated heterocycles. The zero-order chi connectivity index (χ0) is 22.4. The lowest BCUT2D eigenvalue weighted by molar-refractivity contribution is -0.139. The molecule has 0 N–H and O–H groups in total. The number of esters is 1. The summed E-state index contributed by atoms with van der Waals surface area (Å²) in [4.78, 5) is 11.9. The summed E-state index contributed by atoms with van der Waals surface area (Å²) in [6.45, 7) is 1.81. The molecule has 0 aliphatic rings. The molecule has 10 heteroatoms. The molecule has 5 aromatic rings. The molecule has 0 amide bonds. The summed E-state index contributed by atoms with van der Waals surface area (Å²) >= 11 is 0. The normalized spacial score (nSPS) is 11.4. The Morgan fingerprint density at radius 1 is 0.969 bits per heavy atom. The van der Waals surface area contributed by atoms with Gasteiger partial charge >= 0.3 is 5.97 Å². The summed E-state index contributed by atoms with van der Waals surface area (Å²) in [5.41, 5.74) is 4.24. The van der Waals surface area contributed by atoms with Crippen LogP contribution in [0.15, 0.2) is 48.5 Å². The first-order chi connectivity index (χ1) is 15.5. The van der Waals surface area contributed by atoms with Crippen molar-refractivity contribution in [3.05, 3.63) is 71.6 Å². The van der Waals surface area contributed by atoms with Crippen LogP contribution in [0.3, 0.4) is 0 Å². The number of aromatic nitrogens is 6. The van der Waals surface area contributed by atoms with Gasteiger partial charge in [0.25, 0.3) is 0 Å². The quantitative estimate of drug-likeness (QED) is 0.403. The second kappa shape index (κ2) is 7.49. The van der Waals surface area contributed by atoms with Crippen LogP contribution in [0.5, 0.6) is 0 Å². The van der Waals surface area contributed by atoms with E-state index in [1.807, 2.05) is 6.92 Å². The van der Waals surface area contributed by atoms with E-state index in [0.29, 0.717) is 39.4 Å². The zero-order valence-electron chi connectivity index (χ0n) is 17.1. The fourth-order valence-electron chi connectivity index (χ4n) is 3.63. The van der Waals surface area contributed by atoms with Crippen molar-refractivity contribution in [1.29, 1.82) is 0 Å². The van der Waals surface area contributed by atoms with Gasteiger partial charge in [-0.2, -0.15) is 14.7 Å². The van der Waals surface area contributed by atoms with Gasteiger partial charge in [-0.05, 0) is 48.9 Å². The number of carbonyl (C=O) groups excluding carboxylic acids is 1. The molecule has 0 saturated carbocycles. The average Bonchev–Trinajstić information content (AvgIpc) is 3.32. The van der Waals surface area contributed by atoms with Crippen LogP contribution in [0.1, 0.15) is 11.4 Å². The van der Waals surface area contributed by atoms with E-state index < -0.39 is 11.8 Å². The van der Waals surface area contributed by atoms with Crippen molar-refractivity contribution in [2.45, 2.75) is 13.3 Å². The molecule has 3 heterocycles. The highest BCUT2D eigenvalue weighted by atomic mass is 19.1. The number of benzene rings is 2. The van der Waals surface area contributed by atoms with Crippen molar-refractivity contribution in [2.75, 3.05) is 7.11 Å². The Labute approximate surface area is 180 Å². The van der Waals surface area contributed by atoms with Gasteiger partial charge in [-0.25, -0.2) is 13.5 Å². The number of hydrogen-bond donors (Lipinski definition) is 0. The number of fused-ring (bicyclic) bond motifs is 3. The van der Waals surface area contributed by atoms with Crippen LogP contribution in [0.2, 0.25) is 0 Å². The molecule has 0 aliphatic heterocycles. The molecule has 5 rings (SSSR count). The smallest absolute Gasteiger partial charge is 0.311 e. The molecule has 160 valence electrons. The lowest BCUT2D eigenvalue weighted by Gasteiger charge is -2.04. The number of ether oxygens (including phenoxy) is 1. The van der Waals surface area contributed by atoms with E-state index in [2.05, 4.69) is 20.4 Å². The van der Waals surface area contributed by atoms with E-state index in [1.165, 1.54) is 36.1 Å². The van der Waals surface area contributed by atoms with E-state index in [0.717, 1.165) is 5.56 Å². The summed E-state index contributed by atoms with van der Waals surface area (Å²) in [7, 11) is 1.29. The number of nitrogens with zero attached hydrogens (tertiary/aromatic N) is 6. The Bertz CT molecular complexity index is 1470. The molecule has 2 aromatic carbocycles. The van der Waals surface area contributed by atoms with Gasteiger partial charge in [-0.15, -0.1) is 10.2 Å². The lowest BCUT2D eigenvalue weighted by Crippen LogP contribution is -2.06. The summed E-state index contributed by atoms with van der Waals surface area (Å²) in [6, 6.07) is 11.8. The van der Waals surface area contributed by atoms with Gasteiger partial charge in [0.05, 0.1) is 30.5 Å². The molecule has 0 radical (unpaired) electrons. The van der Waals surface area contributed by atoms with Crippen molar-refractivity contribution in [1.82, 2.24) is 29.6 Å². The van der Waals surface area contributed by atoms with Crippen molar-refractivity contribution in [3.8, 4) is 16.8 Å². The maximum absolute atomic E-state index is 13.5. The predicted molar refractivity (Wildman–Crippen MR) is 111 cm³/mol. The Kier molecular flexibility index (Phi) is 4.62. The number of hydrogen-bond acceptors (Lipinski definition) is 6. The fourth-order valence-corrected chi connectivity index (χ4v) is 3.63. The highest BCUT2D eigenvalue weighted by Gasteiger charge is 2.23. The minimum absolute atomic E-state index is 0.119. The number of halogens is 2. The fraction of sp³-hybridized carbons (Fsp3) is 0.136. The van der Waals surface area contributed by atoms with Crippen molar-refractivity contribution < 1.29 is 18.3 Å². The monoisotopic (exact) mass is 434 g/mol. The maximum Gasteiger partial charge on any atom is 0.311 e. The molecular weight excluding hydrogens is 418 g/mol. The molecule has 0 atom stereocenters. The van der Waals surface area contributed by atoms with E-state index >= 15 is 0 Å². The molecule has 8 nitrogen and oxygen atoms in total. The largest absolute Gasteiger partial charge is 0.469 e. The van der Waals surface area contributed by atoms with Gasteiger partial charge in [-0.1, -0.05) is 12.1 Å². The standard InChI is InChI=1S/C22H16F2N6O2/c1-12-19(13-3-5-14(23)6-4-13)21-26-25-20-17(11-18(31)32-2)28-29(22(20)30(21)27-12)16-9-7-15(24)8-10-16/h3-10H,11H2,1-2H3. The second-order valence-corrected chi connectivity index (χ2v) is 7.16. The summed E-state index contributed by atoms with van der Waals surface area (Å²) in [6.07, 6.45) is -0.119. The third kappa shape index (κ3) is 3.16. The van der Waals surface area contributed by atoms with Crippen LogP contribution in [-0.4, -0.2) is 42.7 Å². The molecule has 0 aliphatic carbocycles. The molecule has 0 unspecified atom stereocenters. The topological polar surface area (TPSA) is 87.2 Å². The first kappa shape index (κ1) is 19.7. The number of rotatable bonds is 4. The molecule has 32 heavy (non-hydrogen) atoms. The SMILES string of the molecule is COC(=O)Cc1nn(-c2ccc(F)cc2)c2c1nnc1c(-c3ccc(F)cc3)c(C)nn12. The molecular formula is C22H16F2N6O2. The van der Waals surface area contributed by atoms with Crippen LogP contribution >= 0.6 is 0 Å². The van der Waals surface area contributed by atoms with Crippen LogP contribution in [-0.2, 0) is 16.0 Å². The van der Waals surface area contributed by atoms with Crippen LogP contribution in [0.4, 0.5) is 8.78 Å². The Hall–Kier alpha value is -4.21. The second-order valence-electron chi connectivity index (χ2n) is 7.16. The van der Waals surface area contributed by atoms with Crippen LogP contribution in [0, 0.1) is 18.6 Å². The van der Waals surface area contributed by atoms with Crippen LogP contribution < -0.4 is 0 Å². The highest BCUT2D eigenvalue weighted by Crippen LogP contribution is 2.30. The number of carbonyl (C=O) groups is 1. The van der Waals surface area contributed by atoms with Crippen molar-refractivity contribution in [3.63, 3.8) is 0 Å². The van der Waals surface area contributed by atoms with Gasteiger partial charge in [0, 0.05) is 0 Å². The third-order valence-electron chi connectivity index (χ3n) is 5.13. The minimum Gasteiger partial charge on any atom is -0.469 e. The third-order valence-corrected chi connectivity index (χ3v) is 5.13. The molecule has 0 fully saturated rings. The highest BCUT2D eigenvalue weighted by molar-refractivity contribution is 5.86. The Morgan fingerprint density at radius 2 is 1.62 bits per heavy atom. The summed E-state index contributed by atoms with van der Waals surface area (Å²) < 4.78 is 34.8. The van der Waals surface area contributed by atoms with Crippen LogP contribution in [0.25, 0.3) is 33.6 Å². The molecule has 0 spiro atoms. The molecule has 3 aromatic heterocycles. The molecule has 0 bridgehead atoms. The predicted octanol–water partition coefficient (Wildman–Crippen LogP) is 3.43. The summed E-state index contributed by atoms with van der Waals surface area (Å²) in [5, 5.41) is 17.8. The Balaban J connectivity index is 1.81. The first-order valence-corrected chi connectivity index (χ1v) is 9.68. The zero-order valence-corrected chi connectivity index (χ0v) is 17.1. The summed E-state index contributed by atoms with van der Waals surface area (Å²) in [5.74, 6) is -1.22. The van der Waals surface area contributed by atoms with Gasteiger partial charge in [0.15, 0.2) is 16.8 Å². The average molecular weight is 434 g/mol. The van der Waals surface area contributed by atoms with Gasteiger partial charge in [-0.3, -0.25) is 4.79 Å². The Morgan fingerprint density at radius 3 is 2.28 bits per heavy atom. The maximum atomic E-state index is 13.5. The first-order valence-electron chi connectivity index (χ1n) is 9.68. The number of aryl methyl sites for hydroxylation is 1. The van der Waals surface area contributed by atoms with E-state index in [4.69, 9.17) is 4.74 Å². The lowest BCUT2D eigenvalue weighted by atomic mass is 10.1. The van der Waals surface area contributed by atoms with E-state index in [-0.39, 0.29) is 12.2 Å². The van der Waals surface area contributed by atoms with Crippen molar-refractivity contribution in [2.24, 2.45) is 0 Å². The van der Waals surface area contributed by atoms with Gasteiger partial charge < -0.3 is 4.74 Å². The van der Waals surface area contributed by atoms with Gasteiger partial charge in [0.1, 0.15) is 17.3 Å². The minimum atomic E-state index is -0.485.